The van der Waals surface area contributed by atoms with Crippen LogP contribution >= 0.6 is 0 Å². The van der Waals surface area contributed by atoms with Crippen molar-refractivity contribution >= 4 is 0 Å². The smallest absolute Gasteiger partial charge is 0.108 e. The van der Waals surface area contributed by atoms with Crippen molar-refractivity contribution in [2.45, 2.75) is 32.4 Å². The van der Waals surface area contributed by atoms with E-state index in [9.17, 15) is 0 Å². The monoisotopic (exact) mass is 224 g/mol. The fourth-order valence-corrected chi connectivity index (χ4v) is 2.06. The van der Waals surface area contributed by atoms with Crippen molar-refractivity contribution in [2.24, 2.45) is 0 Å². The second-order valence-electron chi connectivity index (χ2n) is 5.43. The minimum atomic E-state index is -0.0406. The van der Waals surface area contributed by atoms with Gasteiger partial charge in [0, 0.05) is 38.3 Å². The Balaban J connectivity index is 2.35. The molecule has 1 aliphatic rings. The molecule has 0 spiro atoms. The number of hydrogen-bond acceptors (Lipinski definition) is 4. The number of hydrogen-bond donors (Lipinski definition) is 1. The van der Waals surface area contributed by atoms with E-state index >= 15 is 0 Å². The summed E-state index contributed by atoms with van der Waals surface area (Å²) in [5.41, 5.74) is 0.268. The summed E-state index contributed by atoms with van der Waals surface area (Å²) in [5, 5.41) is 11.9. The van der Waals surface area contributed by atoms with Crippen molar-refractivity contribution in [2.75, 3.05) is 39.8 Å². The lowest BCUT2D eigenvalue weighted by molar-refractivity contribution is 0.0607. The van der Waals surface area contributed by atoms with Crippen LogP contribution in [0.3, 0.4) is 0 Å². The van der Waals surface area contributed by atoms with Gasteiger partial charge in [0.1, 0.15) is 6.04 Å². The Kier molecular flexibility index (Phi) is 4.72. The standard InChI is InChI=1S/C12H24N4/c1-12(2,3)16-7-5-15(6-8-16)10-11(9-13)14-4/h11,14H,5-8,10H2,1-4H3. The first kappa shape index (κ1) is 13.4. The van der Waals surface area contributed by atoms with Crippen LogP contribution in [-0.2, 0) is 0 Å². The molecule has 0 amide bonds. The molecule has 1 aliphatic heterocycles. The van der Waals surface area contributed by atoms with E-state index in [2.05, 4.69) is 42.0 Å². The average Bonchev–Trinajstić information content (AvgIpc) is 2.25. The maximum Gasteiger partial charge on any atom is 0.108 e. The van der Waals surface area contributed by atoms with Crippen molar-refractivity contribution in [3.63, 3.8) is 0 Å². The van der Waals surface area contributed by atoms with Gasteiger partial charge in [0.05, 0.1) is 6.07 Å². The molecule has 1 unspecified atom stereocenters. The largest absolute Gasteiger partial charge is 0.304 e. The molecule has 1 atom stereocenters. The third-order valence-electron chi connectivity index (χ3n) is 3.27. The molecule has 0 aliphatic carbocycles. The topological polar surface area (TPSA) is 42.3 Å². The summed E-state index contributed by atoms with van der Waals surface area (Å²) in [7, 11) is 1.85. The Hall–Kier alpha value is -0.630. The zero-order valence-electron chi connectivity index (χ0n) is 11.0. The van der Waals surface area contributed by atoms with Crippen LogP contribution in [0.15, 0.2) is 0 Å². The lowest BCUT2D eigenvalue weighted by atomic mass is 10.0. The molecule has 1 saturated heterocycles. The van der Waals surface area contributed by atoms with Crippen LogP contribution in [0.5, 0.6) is 0 Å². The Morgan fingerprint density at radius 3 is 2.19 bits per heavy atom. The first-order valence-corrected chi connectivity index (χ1v) is 6.01. The van der Waals surface area contributed by atoms with Crippen molar-refractivity contribution < 1.29 is 0 Å². The lowest BCUT2D eigenvalue weighted by Crippen LogP contribution is -2.55. The summed E-state index contributed by atoms with van der Waals surface area (Å²) in [6, 6.07) is 2.23. The van der Waals surface area contributed by atoms with Crippen molar-refractivity contribution in [1.82, 2.24) is 15.1 Å². The van der Waals surface area contributed by atoms with Gasteiger partial charge in [-0.1, -0.05) is 0 Å². The maximum atomic E-state index is 8.89. The Morgan fingerprint density at radius 1 is 1.25 bits per heavy atom. The average molecular weight is 224 g/mol. The van der Waals surface area contributed by atoms with Crippen LogP contribution in [0.1, 0.15) is 20.8 Å². The molecule has 4 nitrogen and oxygen atoms in total. The van der Waals surface area contributed by atoms with Gasteiger partial charge in [-0.2, -0.15) is 5.26 Å². The summed E-state index contributed by atoms with van der Waals surface area (Å²) >= 11 is 0. The van der Waals surface area contributed by atoms with Crippen molar-refractivity contribution in [1.29, 1.82) is 5.26 Å². The van der Waals surface area contributed by atoms with Gasteiger partial charge in [0.2, 0.25) is 0 Å². The minimum absolute atomic E-state index is 0.0406. The number of piperazine rings is 1. The van der Waals surface area contributed by atoms with E-state index in [1.165, 1.54) is 0 Å². The van der Waals surface area contributed by atoms with Gasteiger partial charge >= 0.3 is 0 Å². The van der Waals surface area contributed by atoms with Gasteiger partial charge in [-0.25, -0.2) is 0 Å². The Bertz CT molecular complexity index is 243. The van der Waals surface area contributed by atoms with E-state index < -0.39 is 0 Å². The first-order chi connectivity index (χ1) is 7.47. The summed E-state index contributed by atoms with van der Waals surface area (Å²) in [6.45, 7) is 12.0. The summed E-state index contributed by atoms with van der Waals surface area (Å²) in [5.74, 6) is 0. The SMILES string of the molecule is CNC(C#N)CN1CCN(C(C)(C)C)CC1. The van der Waals surface area contributed by atoms with Crippen molar-refractivity contribution in [3.05, 3.63) is 0 Å². The number of rotatable bonds is 3. The molecular formula is C12H24N4. The fraction of sp³-hybridized carbons (Fsp3) is 0.917. The number of nitrogens with zero attached hydrogens (tertiary/aromatic N) is 3. The molecule has 1 N–H and O–H groups in total. The van der Waals surface area contributed by atoms with E-state index in [1.54, 1.807) is 0 Å². The molecule has 0 bridgehead atoms. The molecule has 92 valence electrons. The quantitative estimate of drug-likeness (QED) is 0.759. The normalized spacial score (nSPS) is 21.7. The first-order valence-electron chi connectivity index (χ1n) is 6.01. The predicted molar refractivity (Wildman–Crippen MR) is 66.2 cm³/mol. The highest BCUT2D eigenvalue weighted by Gasteiger charge is 2.26. The van der Waals surface area contributed by atoms with Gasteiger partial charge in [-0.15, -0.1) is 0 Å². The van der Waals surface area contributed by atoms with E-state index in [4.69, 9.17) is 5.26 Å². The molecule has 0 aromatic heterocycles. The van der Waals surface area contributed by atoms with Gasteiger partial charge in [0.25, 0.3) is 0 Å². The van der Waals surface area contributed by atoms with Crippen LogP contribution in [-0.4, -0.2) is 61.2 Å². The minimum Gasteiger partial charge on any atom is -0.304 e. The molecule has 1 fully saturated rings. The van der Waals surface area contributed by atoms with Crippen LogP contribution in [0.4, 0.5) is 0 Å². The molecule has 1 rings (SSSR count). The van der Waals surface area contributed by atoms with Crippen LogP contribution < -0.4 is 5.32 Å². The van der Waals surface area contributed by atoms with E-state index in [1.807, 2.05) is 7.05 Å². The van der Waals surface area contributed by atoms with E-state index in [0.717, 1.165) is 32.7 Å². The third-order valence-corrected chi connectivity index (χ3v) is 3.27. The summed E-state index contributed by atoms with van der Waals surface area (Å²) in [4.78, 5) is 4.87. The fourth-order valence-electron chi connectivity index (χ4n) is 2.06. The highest BCUT2D eigenvalue weighted by atomic mass is 15.3. The van der Waals surface area contributed by atoms with Gasteiger partial charge < -0.3 is 5.32 Å². The van der Waals surface area contributed by atoms with Crippen molar-refractivity contribution in [3.8, 4) is 6.07 Å². The molecule has 0 aromatic rings. The van der Waals surface area contributed by atoms with Crippen LogP contribution in [0, 0.1) is 11.3 Å². The predicted octanol–water partition coefficient (Wildman–Crippen LogP) is 0.514. The molecule has 1 heterocycles. The molecule has 0 saturated carbocycles. The number of nitriles is 1. The zero-order chi connectivity index (χ0) is 12.2. The maximum absolute atomic E-state index is 8.89. The van der Waals surface area contributed by atoms with E-state index in [0.29, 0.717) is 0 Å². The number of likely N-dealkylation sites (N-methyl/N-ethyl adjacent to an activating group) is 1. The molecule has 16 heavy (non-hydrogen) atoms. The Morgan fingerprint density at radius 2 is 1.81 bits per heavy atom. The summed E-state index contributed by atoms with van der Waals surface area (Å²) in [6.07, 6.45) is 0. The Labute approximate surface area is 99.2 Å². The highest BCUT2D eigenvalue weighted by Crippen LogP contribution is 2.15. The van der Waals surface area contributed by atoms with E-state index in [-0.39, 0.29) is 11.6 Å². The highest BCUT2D eigenvalue weighted by molar-refractivity contribution is 4.92. The number of nitrogens with one attached hydrogen (secondary N) is 1. The molecule has 0 aromatic carbocycles. The van der Waals surface area contributed by atoms with Crippen LogP contribution in [0.2, 0.25) is 0 Å². The zero-order valence-corrected chi connectivity index (χ0v) is 11.0. The molecule has 4 heteroatoms. The molecule has 0 radical (unpaired) electrons. The second kappa shape index (κ2) is 5.62. The van der Waals surface area contributed by atoms with Gasteiger partial charge in [0.15, 0.2) is 0 Å². The summed E-state index contributed by atoms with van der Waals surface area (Å²) < 4.78 is 0. The lowest BCUT2D eigenvalue weighted by Gasteiger charge is -2.42. The third kappa shape index (κ3) is 3.75. The van der Waals surface area contributed by atoms with Gasteiger partial charge in [-0.3, -0.25) is 9.80 Å². The second-order valence-corrected chi connectivity index (χ2v) is 5.43. The van der Waals surface area contributed by atoms with Crippen LogP contribution in [0.25, 0.3) is 0 Å². The van der Waals surface area contributed by atoms with Gasteiger partial charge in [-0.05, 0) is 27.8 Å². The molecular weight excluding hydrogens is 200 g/mol.